The number of ether oxygens (including phenoxy) is 1. The summed E-state index contributed by atoms with van der Waals surface area (Å²) in [5.74, 6) is -1.15. The lowest BCUT2D eigenvalue weighted by molar-refractivity contribution is -0.144. The molecule has 9 heteroatoms. The van der Waals surface area contributed by atoms with Crippen LogP contribution in [0.4, 0.5) is 24.8 Å². The minimum Gasteiger partial charge on any atom is -0.389 e. The van der Waals surface area contributed by atoms with Gasteiger partial charge in [0.05, 0.1) is 12.7 Å². The van der Waals surface area contributed by atoms with Gasteiger partial charge in [-0.05, 0) is 6.42 Å². The molecule has 1 unspecified atom stereocenters. The summed E-state index contributed by atoms with van der Waals surface area (Å²) in [6.07, 6.45) is -4.72. The predicted molar refractivity (Wildman–Crippen MR) is 72.2 cm³/mol. The van der Waals surface area contributed by atoms with Crippen molar-refractivity contribution in [3.05, 3.63) is 11.9 Å². The van der Waals surface area contributed by atoms with Gasteiger partial charge in [-0.25, -0.2) is 9.97 Å². The monoisotopic (exact) mass is 308 g/mol. The van der Waals surface area contributed by atoms with Gasteiger partial charge in [0.1, 0.15) is 11.6 Å². The van der Waals surface area contributed by atoms with Crippen LogP contribution in [0.3, 0.4) is 0 Å². The largest absolute Gasteiger partial charge is 0.451 e. The summed E-state index contributed by atoms with van der Waals surface area (Å²) in [6.45, 7) is 2.49. The summed E-state index contributed by atoms with van der Waals surface area (Å²) in [4.78, 5) is 6.84. The van der Waals surface area contributed by atoms with Crippen LogP contribution in [0.15, 0.2) is 6.07 Å². The summed E-state index contributed by atoms with van der Waals surface area (Å²) in [5.41, 5.74) is 0. The molecule has 21 heavy (non-hydrogen) atoms. The molecule has 0 spiro atoms. The number of aliphatic hydroxyl groups is 1. The zero-order valence-electron chi connectivity index (χ0n) is 11.9. The van der Waals surface area contributed by atoms with Crippen molar-refractivity contribution >= 4 is 11.6 Å². The lowest BCUT2D eigenvalue weighted by Gasteiger charge is -2.14. The minimum absolute atomic E-state index is 0.00826. The van der Waals surface area contributed by atoms with Crippen LogP contribution >= 0.6 is 0 Å². The Hall–Kier alpha value is -1.61. The maximum absolute atomic E-state index is 12.7. The zero-order valence-corrected chi connectivity index (χ0v) is 11.9. The highest BCUT2D eigenvalue weighted by molar-refractivity contribution is 5.47. The molecule has 0 saturated carbocycles. The molecule has 1 atom stereocenters. The van der Waals surface area contributed by atoms with Crippen LogP contribution in [0.1, 0.15) is 19.2 Å². The number of alkyl halides is 3. The summed E-state index contributed by atoms with van der Waals surface area (Å²) < 4.78 is 43.0. The van der Waals surface area contributed by atoms with Gasteiger partial charge >= 0.3 is 6.18 Å². The van der Waals surface area contributed by atoms with Crippen molar-refractivity contribution in [1.82, 2.24) is 9.97 Å². The number of aliphatic hydroxyl groups excluding tert-OH is 1. The third-order valence-electron chi connectivity index (χ3n) is 2.41. The van der Waals surface area contributed by atoms with Gasteiger partial charge in [-0.3, -0.25) is 0 Å². The fourth-order valence-corrected chi connectivity index (χ4v) is 1.48. The number of hydrogen-bond acceptors (Lipinski definition) is 6. The predicted octanol–water partition coefficient (Wildman–Crippen LogP) is 1.74. The Kier molecular flexibility index (Phi) is 6.63. The zero-order chi connectivity index (χ0) is 15.9. The van der Waals surface area contributed by atoms with E-state index in [1.54, 1.807) is 0 Å². The third-order valence-corrected chi connectivity index (χ3v) is 2.41. The van der Waals surface area contributed by atoms with Crippen molar-refractivity contribution in [2.45, 2.75) is 25.6 Å². The van der Waals surface area contributed by atoms with Crippen LogP contribution in [0.5, 0.6) is 0 Å². The molecule has 0 aromatic carbocycles. The van der Waals surface area contributed by atoms with E-state index in [9.17, 15) is 18.3 Å². The molecule has 120 valence electrons. The number of aromatic nitrogens is 2. The molecule has 1 heterocycles. The highest BCUT2D eigenvalue weighted by Gasteiger charge is 2.35. The molecule has 0 fully saturated rings. The molecule has 1 aromatic heterocycles. The smallest absolute Gasteiger partial charge is 0.389 e. The van der Waals surface area contributed by atoms with E-state index in [0.29, 0.717) is 6.54 Å². The third kappa shape index (κ3) is 6.13. The van der Waals surface area contributed by atoms with Gasteiger partial charge in [0.15, 0.2) is 0 Å². The number of methoxy groups -OCH3 is 1. The lowest BCUT2D eigenvalue weighted by Crippen LogP contribution is -2.25. The summed E-state index contributed by atoms with van der Waals surface area (Å²) >= 11 is 0. The fourth-order valence-electron chi connectivity index (χ4n) is 1.48. The molecule has 0 aliphatic carbocycles. The highest BCUT2D eigenvalue weighted by atomic mass is 19.4. The quantitative estimate of drug-likeness (QED) is 0.679. The number of nitrogens with one attached hydrogen (secondary N) is 2. The molecule has 0 aliphatic rings. The van der Waals surface area contributed by atoms with E-state index in [4.69, 9.17) is 4.74 Å². The van der Waals surface area contributed by atoms with E-state index in [2.05, 4.69) is 20.6 Å². The second-order valence-corrected chi connectivity index (χ2v) is 4.38. The van der Waals surface area contributed by atoms with Gasteiger partial charge in [0.25, 0.3) is 0 Å². The standard InChI is InChI=1S/C12H19F3N4O2/c1-3-4-16-9-5-10(17-6-8(20)7-21-2)19-11(18-9)12(13,14)15/h5,8,20H,3-4,6-7H2,1-2H3,(H2,16,17,18,19). The first-order valence-electron chi connectivity index (χ1n) is 6.47. The van der Waals surface area contributed by atoms with Crippen molar-refractivity contribution in [3.8, 4) is 0 Å². The number of halogens is 3. The van der Waals surface area contributed by atoms with E-state index in [1.165, 1.54) is 13.2 Å². The summed E-state index contributed by atoms with van der Waals surface area (Å²) in [6, 6.07) is 1.37. The van der Waals surface area contributed by atoms with Crippen LogP contribution in [0, 0.1) is 0 Å². The van der Waals surface area contributed by atoms with Crippen molar-refractivity contribution < 1.29 is 23.0 Å². The summed E-state index contributed by atoms with van der Waals surface area (Å²) in [5, 5.41) is 14.9. The number of nitrogens with zero attached hydrogens (tertiary/aromatic N) is 2. The van der Waals surface area contributed by atoms with E-state index < -0.39 is 18.1 Å². The van der Waals surface area contributed by atoms with Crippen molar-refractivity contribution in [1.29, 1.82) is 0 Å². The number of hydrogen-bond donors (Lipinski definition) is 3. The molecule has 1 aromatic rings. The van der Waals surface area contributed by atoms with Gasteiger partial charge < -0.3 is 20.5 Å². The first-order valence-corrected chi connectivity index (χ1v) is 6.47. The second kappa shape index (κ2) is 7.99. The molecule has 0 bridgehead atoms. The number of anilines is 2. The number of rotatable bonds is 8. The Balaban J connectivity index is 2.85. The van der Waals surface area contributed by atoms with Crippen LogP contribution < -0.4 is 10.6 Å². The van der Waals surface area contributed by atoms with Crippen LogP contribution in [-0.2, 0) is 10.9 Å². The Morgan fingerprint density at radius 1 is 1.29 bits per heavy atom. The summed E-state index contributed by atoms with van der Waals surface area (Å²) in [7, 11) is 1.42. The van der Waals surface area contributed by atoms with Crippen LogP contribution in [-0.4, -0.2) is 48.0 Å². The molecule has 0 amide bonds. The first kappa shape index (κ1) is 17.4. The molecule has 0 saturated heterocycles. The van der Waals surface area contributed by atoms with Gasteiger partial charge in [-0.2, -0.15) is 13.2 Å². The van der Waals surface area contributed by atoms with Crippen molar-refractivity contribution in [3.63, 3.8) is 0 Å². The minimum atomic E-state index is -4.63. The average Bonchev–Trinajstić information content (AvgIpc) is 2.42. The van der Waals surface area contributed by atoms with Crippen LogP contribution in [0.25, 0.3) is 0 Å². The maximum Gasteiger partial charge on any atom is 0.451 e. The molecular weight excluding hydrogens is 289 g/mol. The van der Waals surface area contributed by atoms with Gasteiger partial charge in [-0.1, -0.05) is 6.92 Å². The van der Waals surface area contributed by atoms with E-state index in [1.807, 2.05) is 6.92 Å². The van der Waals surface area contributed by atoms with Gasteiger partial charge in [0.2, 0.25) is 5.82 Å². The molecular formula is C12H19F3N4O2. The molecule has 3 N–H and O–H groups in total. The Morgan fingerprint density at radius 3 is 2.43 bits per heavy atom. The average molecular weight is 308 g/mol. The molecule has 0 radical (unpaired) electrons. The van der Waals surface area contributed by atoms with E-state index >= 15 is 0 Å². The Morgan fingerprint density at radius 2 is 1.90 bits per heavy atom. The normalized spacial score (nSPS) is 13.0. The van der Waals surface area contributed by atoms with E-state index in [-0.39, 0.29) is 24.8 Å². The van der Waals surface area contributed by atoms with E-state index in [0.717, 1.165) is 6.42 Å². The first-order chi connectivity index (χ1) is 9.86. The highest BCUT2D eigenvalue weighted by Crippen LogP contribution is 2.28. The van der Waals surface area contributed by atoms with Gasteiger partial charge in [-0.15, -0.1) is 0 Å². The Bertz CT molecular complexity index is 443. The molecule has 1 rings (SSSR count). The maximum atomic E-state index is 12.7. The van der Waals surface area contributed by atoms with Crippen LogP contribution in [0.2, 0.25) is 0 Å². The van der Waals surface area contributed by atoms with Gasteiger partial charge in [0, 0.05) is 26.3 Å². The fraction of sp³-hybridized carbons (Fsp3) is 0.667. The Labute approximate surface area is 120 Å². The SMILES string of the molecule is CCCNc1cc(NCC(O)COC)nc(C(F)(F)F)n1. The van der Waals surface area contributed by atoms with Crippen molar-refractivity contribution in [2.75, 3.05) is 37.4 Å². The topological polar surface area (TPSA) is 79.3 Å². The van der Waals surface area contributed by atoms with Crippen molar-refractivity contribution in [2.24, 2.45) is 0 Å². The molecule has 0 aliphatic heterocycles. The lowest BCUT2D eigenvalue weighted by atomic mass is 10.3. The molecule has 6 nitrogen and oxygen atoms in total. The second-order valence-electron chi connectivity index (χ2n) is 4.38.